The maximum absolute atomic E-state index is 12.8. The van der Waals surface area contributed by atoms with Crippen LogP contribution in [0.3, 0.4) is 0 Å². The van der Waals surface area contributed by atoms with Gasteiger partial charge < -0.3 is 15.3 Å². The molecule has 1 aromatic carbocycles. The van der Waals surface area contributed by atoms with Crippen molar-refractivity contribution in [1.82, 2.24) is 4.90 Å². The Hall–Kier alpha value is -2.36. The Balaban J connectivity index is 2.93. The number of nitrogens with zero attached hydrogens (tertiary/aromatic N) is 2. The number of hydrogen-bond acceptors (Lipinski definition) is 4. The first-order chi connectivity index (χ1) is 10.5. The summed E-state index contributed by atoms with van der Waals surface area (Å²) >= 11 is 0. The Morgan fingerprint density at radius 1 is 1.48 bits per heavy atom. The molecule has 23 heavy (non-hydrogen) atoms. The quantitative estimate of drug-likeness (QED) is 0.639. The number of nitro groups is 1. The molecule has 0 fully saturated rings. The van der Waals surface area contributed by atoms with Crippen molar-refractivity contribution in [3.63, 3.8) is 0 Å². The first-order valence-corrected chi connectivity index (χ1v) is 6.58. The van der Waals surface area contributed by atoms with E-state index < -0.39 is 34.5 Å². The predicted molar refractivity (Wildman–Crippen MR) is 76.0 cm³/mol. The number of halogens is 3. The highest BCUT2D eigenvalue weighted by molar-refractivity contribution is 5.89. The first kappa shape index (κ1) is 18.7. The minimum Gasteiger partial charge on any atom is -0.393 e. The fourth-order valence-electron chi connectivity index (χ4n) is 1.70. The van der Waals surface area contributed by atoms with Crippen molar-refractivity contribution >= 4 is 17.4 Å². The molecular formula is C13H16F3N3O4. The highest BCUT2D eigenvalue weighted by atomic mass is 19.4. The monoisotopic (exact) mass is 335 g/mol. The average molecular weight is 335 g/mol. The van der Waals surface area contributed by atoms with Crippen LogP contribution in [0.1, 0.15) is 18.9 Å². The Labute approximate surface area is 129 Å². The zero-order chi connectivity index (χ0) is 17.8. The van der Waals surface area contributed by atoms with E-state index in [9.17, 15) is 28.1 Å². The summed E-state index contributed by atoms with van der Waals surface area (Å²) < 4.78 is 38.5. The van der Waals surface area contributed by atoms with Crippen LogP contribution < -0.4 is 5.32 Å². The number of amides is 2. The van der Waals surface area contributed by atoms with E-state index in [1.807, 2.05) is 0 Å². The fourth-order valence-corrected chi connectivity index (χ4v) is 1.70. The van der Waals surface area contributed by atoms with Gasteiger partial charge in [-0.15, -0.1) is 0 Å². The lowest BCUT2D eigenvalue weighted by Crippen LogP contribution is -2.33. The second kappa shape index (κ2) is 7.27. The van der Waals surface area contributed by atoms with Crippen molar-refractivity contribution in [2.45, 2.75) is 25.6 Å². The molecule has 0 aliphatic heterocycles. The molecule has 1 rings (SSSR count). The van der Waals surface area contributed by atoms with Gasteiger partial charge in [-0.3, -0.25) is 10.1 Å². The molecule has 10 heteroatoms. The van der Waals surface area contributed by atoms with Crippen molar-refractivity contribution in [2.75, 3.05) is 18.9 Å². The number of alkyl halides is 3. The maximum Gasteiger partial charge on any atom is 0.423 e. The van der Waals surface area contributed by atoms with E-state index in [0.29, 0.717) is 18.6 Å². The van der Waals surface area contributed by atoms with Gasteiger partial charge in [0.15, 0.2) is 0 Å². The normalized spacial score (nSPS) is 12.6. The molecule has 0 aliphatic carbocycles. The van der Waals surface area contributed by atoms with Crippen LogP contribution in [0.25, 0.3) is 0 Å². The second-order valence-corrected chi connectivity index (χ2v) is 4.98. The Morgan fingerprint density at radius 3 is 2.57 bits per heavy atom. The molecule has 0 saturated heterocycles. The Morgan fingerprint density at radius 2 is 2.09 bits per heavy atom. The largest absolute Gasteiger partial charge is 0.423 e. The molecule has 0 heterocycles. The third kappa shape index (κ3) is 5.40. The molecule has 0 radical (unpaired) electrons. The number of nitrogens with one attached hydrogen (secondary N) is 1. The van der Waals surface area contributed by atoms with Crippen LogP contribution in [0.2, 0.25) is 0 Å². The van der Waals surface area contributed by atoms with Gasteiger partial charge in [-0.1, -0.05) is 0 Å². The Bertz CT molecular complexity index is 590. The molecule has 1 aromatic rings. The van der Waals surface area contributed by atoms with E-state index in [1.165, 1.54) is 18.9 Å². The number of benzene rings is 1. The molecule has 128 valence electrons. The smallest absolute Gasteiger partial charge is 0.393 e. The number of aliphatic hydroxyl groups is 1. The number of carbonyl (C=O) groups excluding carboxylic acids is 1. The lowest BCUT2D eigenvalue weighted by atomic mass is 10.1. The van der Waals surface area contributed by atoms with E-state index in [2.05, 4.69) is 5.32 Å². The van der Waals surface area contributed by atoms with Gasteiger partial charge in [0.1, 0.15) is 5.56 Å². The van der Waals surface area contributed by atoms with Crippen molar-refractivity contribution in [2.24, 2.45) is 0 Å². The van der Waals surface area contributed by atoms with Crippen LogP contribution in [0.15, 0.2) is 18.2 Å². The summed E-state index contributed by atoms with van der Waals surface area (Å²) in [6.07, 6.45) is -5.24. The standard InChI is InChI=1S/C13H16F3N3O4/c1-8(20)5-6-18(2)12(21)17-9-3-4-11(19(22)23)10(7-9)13(14,15)16/h3-4,7-8,20H,5-6H2,1-2H3,(H,17,21)/t8-/m1/s1. The summed E-state index contributed by atoms with van der Waals surface area (Å²) in [5, 5.41) is 22.0. The number of hydrogen-bond donors (Lipinski definition) is 2. The van der Waals surface area contributed by atoms with E-state index in [-0.39, 0.29) is 12.2 Å². The van der Waals surface area contributed by atoms with Gasteiger partial charge in [0.05, 0.1) is 11.0 Å². The number of aliphatic hydroxyl groups excluding tert-OH is 1. The third-order valence-corrected chi connectivity index (χ3v) is 2.98. The highest BCUT2D eigenvalue weighted by Gasteiger charge is 2.38. The fraction of sp³-hybridized carbons (Fsp3) is 0.462. The number of carbonyl (C=O) groups is 1. The minimum absolute atomic E-state index is 0.197. The minimum atomic E-state index is -4.92. The van der Waals surface area contributed by atoms with Gasteiger partial charge in [0, 0.05) is 25.3 Å². The van der Waals surface area contributed by atoms with Crippen LogP contribution in [0.5, 0.6) is 0 Å². The molecule has 0 saturated carbocycles. The molecular weight excluding hydrogens is 319 g/mol. The van der Waals surface area contributed by atoms with Crippen LogP contribution in [0, 0.1) is 10.1 Å². The molecule has 0 spiro atoms. The van der Waals surface area contributed by atoms with Gasteiger partial charge in [-0.25, -0.2) is 4.79 Å². The van der Waals surface area contributed by atoms with Gasteiger partial charge in [0.2, 0.25) is 0 Å². The molecule has 0 aliphatic rings. The number of nitro benzene ring substituents is 1. The van der Waals surface area contributed by atoms with Crippen molar-refractivity contribution in [1.29, 1.82) is 0 Å². The summed E-state index contributed by atoms with van der Waals surface area (Å²) in [7, 11) is 1.41. The summed E-state index contributed by atoms with van der Waals surface area (Å²) in [5.41, 5.74) is -2.73. The van der Waals surface area contributed by atoms with Crippen molar-refractivity contribution < 1.29 is 28.0 Å². The van der Waals surface area contributed by atoms with E-state index in [4.69, 9.17) is 5.11 Å². The topological polar surface area (TPSA) is 95.7 Å². The molecule has 0 bridgehead atoms. The molecule has 2 N–H and O–H groups in total. The van der Waals surface area contributed by atoms with Crippen LogP contribution in [-0.2, 0) is 6.18 Å². The van der Waals surface area contributed by atoms with E-state index in [1.54, 1.807) is 0 Å². The first-order valence-electron chi connectivity index (χ1n) is 6.58. The zero-order valence-electron chi connectivity index (χ0n) is 12.4. The van der Waals surface area contributed by atoms with Crippen LogP contribution in [0.4, 0.5) is 29.3 Å². The van der Waals surface area contributed by atoms with Gasteiger partial charge >= 0.3 is 12.2 Å². The van der Waals surface area contributed by atoms with Crippen LogP contribution >= 0.6 is 0 Å². The van der Waals surface area contributed by atoms with Gasteiger partial charge in [-0.05, 0) is 25.5 Å². The number of urea groups is 1. The zero-order valence-corrected chi connectivity index (χ0v) is 12.4. The lowest BCUT2D eigenvalue weighted by Gasteiger charge is -2.19. The van der Waals surface area contributed by atoms with Crippen molar-refractivity contribution in [3.05, 3.63) is 33.9 Å². The average Bonchev–Trinajstić information content (AvgIpc) is 2.43. The van der Waals surface area contributed by atoms with E-state index in [0.717, 1.165) is 6.07 Å². The van der Waals surface area contributed by atoms with Crippen molar-refractivity contribution in [3.8, 4) is 0 Å². The number of rotatable bonds is 5. The SMILES string of the molecule is C[C@@H](O)CCN(C)C(=O)Nc1ccc([N+](=O)[O-])c(C(F)(F)F)c1. The highest BCUT2D eigenvalue weighted by Crippen LogP contribution is 2.37. The summed E-state index contributed by atoms with van der Waals surface area (Å²) in [4.78, 5) is 22.5. The third-order valence-electron chi connectivity index (χ3n) is 2.98. The van der Waals surface area contributed by atoms with Crippen LogP contribution in [-0.4, -0.2) is 40.7 Å². The summed E-state index contributed by atoms with van der Waals surface area (Å²) in [6.45, 7) is 1.74. The molecule has 1 atom stereocenters. The summed E-state index contributed by atoms with van der Waals surface area (Å²) in [6, 6.07) is 1.54. The molecule has 7 nitrogen and oxygen atoms in total. The number of anilines is 1. The Kier molecular flexibility index (Phi) is 5.91. The van der Waals surface area contributed by atoms with E-state index >= 15 is 0 Å². The predicted octanol–water partition coefficient (Wildman–Crippen LogP) is 2.85. The molecule has 0 aromatic heterocycles. The van der Waals surface area contributed by atoms with Gasteiger partial charge in [0.25, 0.3) is 5.69 Å². The van der Waals surface area contributed by atoms with Gasteiger partial charge in [-0.2, -0.15) is 13.2 Å². The second-order valence-electron chi connectivity index (χ2n) is 4.98. The molecule has 2 amide bonds. The maximum atomic E-state index is 12.8. The molecule has 0 unspecified atom stereocenters. The lowest BCUT2D eigenvalue weighted by molar-refractivity contribution is -0.388. The summed E-state index contributed by atoms with van der Waals surface area (Å²) in [5.74, 6) is 0.